The van der Waals surface area contributed by atoms with E-state index in [9.17, 15) is 4.79 Å². The second kappa shape index (κ2) is 10.2. The molecule has 1 amide bonds. The molecule has 0 spiro atoms. The van der Waals surface area contributed by atoms with Crippen LogP contribution in [-0.4, -0.2) is 43.6 Å². The van der Waals surface area contributed by atoms with Crippen LogP contribution in [0.3, 0.4) is 0 Å². The first-order valence-corrected chi connectivity index (χ1v) is 9.04. The van der Waals surface area contributed by atoms with E-state index in [0.717, 1.165) is 36.6 Å². The molecule has 0 bridgehead atoms. The summed E-state index contributed by atoms with van der Waals surface area (Å²) < 4.78 is 1.23. The second-order valence-electron chi connectivity index (χ2n) is 6.16. The number of aromatic nitrogens is 1. The third-order valence-corrected chi connectivity index (χ3v) is 5.59. The maximum atomic E-state index is 12.2. The van der Waals surface area contributed by atoms with Gasteiger partial charge in [-0.25, -0.2) is 4.98 Å². The van der Waals surface area contributed by atoms with E-state index in [-0.39, 0.29) is 36.6 Å². The van der Waals surface area contributed by atoms with Gasteiger partial charge in [-0.05, 0) is 38.9 Å². The first kappa shape index (κ1) is 22.0. The normalized spacial score (nSPS) is 16.0. The molecule has 2 aromatic rings. The number of halogens is 2. The molecular weight excluding hydrogens is 379 g/mol. The van der Waals surface area contributed by atoms with Gasteiger partial charge in [-0.1, -0.05) is 23.5 Å². The van der Waals surface area contributed by atoms with Gasteiger partial charge in [0, 0.05) is 31.6 Å². The first-order chi connectivity index (χ1) is 11.2. The number of fused-ring (bicyclic) bond motifs is 1. The number of likely N-dealkylation sites (N-methyl/N-ethyl adjacent to an activating group) is 1. The van der Waals surface area contributed by atoms with E-state index in [1.54, 1.807) is 11.3 Å². The molecule has 5 nitrogen and oxygen atoms in total. The maximum Gasteiger partial charge on any atom is 0.223 e. The minimum atomic E-state index is 0. The van der Waals surface area contributed by atoms with E-state index in [0.29, 0.717) is 12.6 Å². The molecule has 1 aromatic carbocycles. The molecule has 25 heavy (non-hydrogen) atoms. The summed E-state index contributed by atoms with van der Waals surface area (Å²) in [6.45, 7) is 4.56. The molecular formula is C17H26Cl2N4OS. The molecule has 1 aromatic heterocycles. The topological polar surface area (TPSA) is 57.3 Å². The molecule has 0 saturated carbocycles. The zero-order valence-electron chi connectivity index (χ0n) is 14.5. The number of carbonyl (C=O) groups excluding carboxylic acids is 1. The fourth-order valence-electron chi connectivity index (χ4n) is 2.83. The van der Waals surface area contributed by atoms with Crippen molar-refractivity contribution in [2.45, 2.75) is 25.8 Å². The van der Waals surface area contributed by atoms with Crippen LogP contribution in [0, 0.1) is 5.92 Å². The summed E-state index contributed by atoms with van der Waals surface area (Å²) in [5.74, 6) is 0.320. The Morgan fingerprint density at radius 2 is 2.00 bits per heavy atom. The van der Waals surface area contributed by atoms with Crippen molar-refractivity contribution in [2.24, 2.45) is 5.92 Å². The van der Waals surface area contributed by atoms with Gasteiger partial charge in [-0.2, -0.15) is 0 Å². The van der Waals surface area contributed by atoms with Crippen LogP contribution < -0.4 is 15.5 Å². The molecule has 0 radical (unpaired) electrons. The van der Waals surface area contributed by atoms with Crippen LogP contribution in [-0.2, 0) is 4.79 Å². The monoisotopic (exact) mass is 404 g/mol. The van der Waals surface area contributed by atoms with Gasteiger partial charge >= 0.3 is 0 Å². The highest BCUT2D eigenvalue weighted by atomic mass is 35.5. The Labute approximate surface area is 165 Å². The highest BCUT2D eigenvalue weighted by Gasteiger charge is 2.26. The average molecular weight is 405 g/mol. The molecule has 1 unspecified atom stereocenters. The van der Waals surface area contributed by atoms with Crippen molar-refractivity contribution in [1.29, 1.82) is 0 Å². The van der Waals surface area contributed by atoms with Crippen LogP contribution in [0.2, 0.25) is 0 Å². The Balaban J connectivity index is 0.00000156. The van der Waals surface area contributed by atoms with Gasteiger partial charge in [0.05, 0.1) is 10.2 Å². The third kappa shape index (κ3) is 5.45. The minimum Gasteiger partial charge on any atom is -0.354 e. The van der Waals surface area contributed by atoms with Crippen LogP contribution in [0.5, 0.6) is 0 Å². The Bertz CT molecular complexity index is 640. The number of thiazole rings is 1. The van der Waals surface area contributed by atoms with Gasteiger partial charge in [0.2, 0.25) is 5.91 Å². The molecule has 1 atom stereocenters. The number of benzene rings is 1. The van der Waals surface area contributed by atoms with Gasteiger partial charge in [0.1, 0.15) is 0 Å². The number of rotatable bonds is 5. The molecule has 1 aliphatic rings. The lowest BCUT2D eigenvalue weighted by Crippen LogP contribution is -2.43. The highest BCUT2D eigenvalue weighted by molar-refractivity contribution is 7.22. The zero-order chi connectivity index (χ0) is 16.2. The van der Waals surface area contributed by atoms with E-state index >= 15 is 0 Å². The highest BCUT2D eigenvalue weighted by Crippen LogP contribution is 2.31. The van der Waals surface area contributed by atoms with Crippen LogP contribution in [0.25, 0.3) is 10.2 Å². The fraction of sp³-hybridized carbons (Fsp3) is 0.529. The summed E-state index contributed by atoms with van der Waals surface area (Å²) in [6, 6.07) is 8.54. The van der Waals surface area contributed by atoms with Crippen molar-refractivity contribution < 1.29 is 4.79 Å². The van der Waals surface area contributed by atoms with Crippen LogP contribution in [0.4, 0.5) is 5.13 Å². The number of para-hydroxylation sites is 1. The van der Waals surface area contributed by atoms with Gasteiger partial charge in [-0.15, -0.1) is 24.8 Å². The molecule has 1 fully saturated rings. The van der Waals surface area contributed by atoms with Crippen LogP contribution in [0.15, 0.2) is 24.3 Å². The molecule has 8 heteroatoms. The molecule has 1 saturated heterocycles. The number of nitrogens with one attached hydrogen (secondary N) is 2. The fourth-order valence-corrected chi connectivity index (χ4v) is 3.85. The number of amides is 1. The van der Waals surface area contributed by atoms with Gasteiger partial charge in [0.25, 0.3) is 0 Å². The number of hydrogen-bond acceptors (Lipinski definition) is 5. The lowest BCUT2D eigenvalue weighted by atomic mass is 9.96. The van der Waals surface area contributed by atoms with Crippen molar-refractivity contribution in [3.8, 4) is 0 Å². The molecule has 3 rings (SSSR count). The first-order valence-electron chi connectivity index (χ1n) is 8.23. The second-order valence-corrected chi connectivity index (χ2v) is 7.17. The number of piperidine rings is 1. The van der Waals surface area contributed by atoms with Crippen molar-refractivity contribution >= 4 is 57.4 Å². The number of anilines is 1. The average Bonchev–Trinajstić information content (AvgIpc) is 3.03. The SMILES string of the molecule is CNC(C)CNC(=O)C1CCN(c2nc3ccccc3s2)CC1.Cl.Cl. The number of nitrogens with zero attached hydrogens (tertiary/aromatic N) is 2. The van der Waals surface area contributed by atoms with E-state index in [1.807, 2.05) is 19.2 Å². The maximum absolute atomic E-state index is 12.2. The standard InChI is InChI=1S/C17H24N4OS.2ClH/c1-12(18-2)11-19-16(22)13-7-9-21(10-8-13)17-20-14-5-3-4-6-15(14)23-17;;/h3-6,12-13,18H,7-11H2,1-2H3,(H,19,22);2*1H. The lowest BCUT2D eigenvalue weighted by Gasteiger charge is -2.31. The summed E-state index contributed by atoms with van der Waals surface area (Å²) in [6.07, 6.45) is 1.80. The molecule has 2 N–H and O–H groups in total. The summed E-state index contributed by atoms with van der Waals surface area (Å²) in [4.78, 5) is 19.3. The molecule has 0 aliphatic carbocycles. The van der Waals surface area contributed by atoms with Gasteiger partial charge in [0.15, 0.2) is 5.13 Å². The van der Waals surface area contributed by atoms with E-state index in [2.05, 4.69) is 34.6 Å². The van der Waals surface area contributed by atoms with Gasteiger partial charge in [-0.3, -0.25) is 4.79 Å². The largest absolute Gasteiger partial charge is 0.354 e. The zero-order valence-corrected chi connectivity index (χ0v) is 17.0. The van der Waals surface area contributed by atoms with Crippen molar-refractivity contribution in [3.63, 3.8) is 0 Å². The van der Waals surface area contributed by atoms with Crippen molar-refractivity contribution in [3.05, 3.63) is 24.3 Å². The van der Waals surface area contributed by atoms with Crippen molar-refractivity contribution in [2.75, 3.05) is 31.6 Å². The van der Waals surface area contributed by atoms with Crippen molar-refractivity contribution in [1.82, 2.24) is 15.6 Å². The van der Waals surface area contributed by atoms with Crippen LogP contribution in [0.1, 0.15) is 19.8 Å². The summed E-state index contributed by atoms with van der Waals surface area (Å²) in [7, 11) is 1.91. The summed E-state index contributed by atoms with van der Waals surface area (Å²) >= 11 is 1.74. The number of hydrogen-bond donors (Lipinski definition) is 2. The summed E-state index contributed by atoms with van der Waals surface area (Å²) in [5.41, 5.74) is 1.06. The predicted molar refractivity (Wildman–Crippen MR) is 111 cm³/mol. The van der Waals surface area contributed by atoms with E-state index in [4.69, 9.17) is 4.98 Å². The minimum absolute atomic E-state index is 0. The Morgan fingerprint density at radius 3 is 2.64 bits per heavy atom. The Hall–Kier alpha value is -1.08. The Morgan fingerprint density at radius 1 is 1.32 bits per heavy atom. The lowest BCUT2D eigenvalue weighted by molar-refractivity contribution is -0.125. The smallest absolute Gasteiger partial charge is 0.223 e. The van der Waals surface area contributed by atoms with E-state index in [1.165, 1.54) is 4.70 Å². The molecule has 2 heterocycles. The van der Waals surface area contributed by atoms with Crippen LogP contribution >= 0.6 is 36.2 Å². The molecule has 1 aliphatic heterocycles. The molecule has 140 valence electrons. The quantitative estimate of drug-likeness (QED) is 0.803. The Kier molecular flexibility index (Phi) is 8.93. The third-order valence-electron chi connectivity index (χ3n) is 4.49. The summed E-state index contributed by atoms with van der Waals surface area (Å²) in [5, 5.41) is 7.26. The van der Waals surface area contributed by atoms with Gasteiger partial charge < -0.3 is 15.5 Å². The van der Waals surface area contributed by atoms with E-state index < -0.39 is 0 Å². The predicted octanol–water partition coefficient (Wildman–Crippen LogP) is 3.08. The number of carbonyl (C=O) groups is 1.